The highest BCUT2D eigenvalue weighted by atomic mass is 35.5. The van der Waals surface area contributed by atoms with E-state index >= 15 is 0 Å². The molecule has 1 fully saturated rings. The van der Waals surface area contributed by atoms with E-state index in [1.54, 1.807) is 4.90 Å². The summed E-state index contributed by atoms with van der Waals surface area (Å²) in [7, 11) is 0. The number of fused-ring (bicyclic) bond motifs is 1. The summed E-state index contributed by atoms with van der Waals surface area (Å²) >= 11 is 5.81. The van der Waals surface area contributed by atoms with Gasteiger partial charge in [0.05, 0.1) is 6.42 Å². The molecule has 3 rings (SSSR count). The molecule has 1 amide bonds. The van der Waals surface area contributed by atoms with Gasteiger partial charge in [0.1, 0.15) is 5.82 Å². The van der Waals surface area contributed by atoms with E-state index in [0.29, 0.717) is 12.5 Å². The number of amides is 1. The van der Waals surface area contributed by atoms with Gasteiger partial charge >= 0.3 is 0 Å². The fraction of sp³-hybridized carbons (Fsp3) is 0.500. The van der Waals surface area contributed by atoms with Gasteiger partial charge in [0.15, 0.2) is 0 Å². The van der Waals surface area contributed by atoms with Crippen molar-refractivity contribution < 1.29 is 4.79 Å². The zero-order chi connectivity index (χ0) is 10.6. The number of carbonyl (C=O) groups excluding carboxylic acids is 1. The van der Waals surface area contributed by atoms with E-state index in [9.17, 15) is 4.79 Å². The standard InChI is InChI=1S/C10H10ClN3O/c1-5-7-4-8(15)14(6-2-3-6)9(7)13-10(11)12-5/h6H,2-4H2,1H3. The summed E-state index contributed by atoms with van der Waals surface area (Å²) < 4.78 is 0. The third kappa shape index (κ3) is 1.32. The Bertz CT molecular complexity index is 456. The van der Waals surface area contributed by atoms with Crippen molar-refractivity contribution in [3.8, 4) is 0 Å². The third-order valence-corrected chi connectivity index (χ3v) is 3.07. The van der Waals surface area contributed by atoms with Crippen molar-refractivity contribution in [3.05, 3.63) is 16.5 Å². The van der Waals surface area contributed by atoms with Gasteiger partial charge in [-0.1, -0.05) is 0 Å². The molecule has 78 valence electrons. The molecule has 0 saturated heterocycles. The molecule has 0 bridgehead atoms. The Labute approximate surface area is 92.3 Å². The van der Waals surface area contributed by atoms with Crippen molar-refractivity contribution in [1.82, 2.24) is 9.97 Å². The second-order valence-electron chi connectivity index (χ2n) is 4.05. The molecule has 1 aliphatic heterocycles. The monoisotopic (exact) mass is 223 g/mol. The minimum absolute atomic E-state index is 0.132. The van der Waals surface area contributed by atoms with E-state index < -0.39 is 0 Å². The number of hydrogen-bond acceptors (Lipinski definition) is 3. The Kier molecular flexibility index (Phi) is 1.77. The van der Waals surface area contributed by atoms with Gasteiger partial charge in [-0.25, -0.2) is 4.98 Å². The van der Waals surface area contributed by atoms with Crippen LogP contribution in [0.3, 0.4) is 0 Å². The first-order chi connectivity index (χ1) is 7.16. The summed E-state index contributed by atoms with van der Waals surface area (Å²) in [5, 5.41) is 0.228. The molecule has 5 heteroatoms. The first-order valence-electron chi connectivity index (χ1n) is 5.02. The molecule has 0 unspecified atom stereocenters. The minimum atomic E-state index is 0.132. The molecular formula is C10H10ClN3O. The molecule has 2 aliphatic rings. The van der Waals surface area contributed by atoms with Crippen molar-refractivity contribution >= 4 is 23.3 Å². The first kappa shape index (κ1) is 9.09. The van der Waals surface area contributed by atoms with Crippen molar-refractivity contribution in [2.24, 2.45) is 0 Å². The molecule has 1 aromatic rings. The van der Waals surface area contributed by atoms with Crippen LogP contribution in [0.15, 0.2) is 0 Å². The second kappa shape index (κ2) is 2.92. The van der Waals surface area contributed by atoms with Gasteiger partial charge in [-0.05, 0) is 31.4 Å². The Hall–Kier alpha value is -1.16. The normalized spacial score (nSPS) is 19.6. The zero-order valence-electron chi connectivity index (χ0n) is 8.33. The van der Waals surface area contributed by atoms with E-state index in [2.05, 4.69) is 9.97 Å². The fourth-order valence-electron chi connectivity index (χ4n) is 2.02. The van der Waals surface area contributed by atoms with E-state index in [-0.39, 0.29) is 11.2 Å². The quantitative estimate of drug-likeness (QED) is 0.678. The van der Waals surface area contributed by atoms with Crippen LogP contribution in [0.25, 0.3) is 0 Å². The number of carbonyl (C=O) groups is 1. The SMILES string of the molecule is Cc1nc(Cl)nc2c1CC(=O)N2C1CC1. The molecular weight excluding hydrogens is 214 g/mol. The van der Waals surface area contributed by atoms with E-state index in [1.807, 2.05) is 6.92 Å². The summed E-state index contributed by atoms with van der Waals surface area (Å²) in [4.78, 5) is 21.8. The molecule has 0 aromatic carbocycles. The van der Waals surface area contributed by atoms with Crippen LogP contribution < -0.4 is 4.90 Å². The van der Waals surface area contributed by atoms with Gasteiger partial charge in [-0.15, -0.1) is 0 Å². The van der Waals surface area contributed by atoms with Crippen LogP contribution in [0.4, 0.5) is 5.82 Å². The molecule has 0 atom stereocenters. The van der Waals surface area contributed by atoms with Gasteiger partial charge in [-0.2, -0.15) is 4.98 Å². The first-order valence-corrected chi connectivity index (χ1v) is 5.39. The molecule has 0 N–H and O–H groups in total. The minimum Gasteiger partial charge on any atom is -0.293 e. The maximum atomic E-state index is 11.8. The molecule has 0 spiro atoms. The summed E-state index contributed by atoms with van der Waals surface area (Å²) in [6.07, 6.45) is 2.58. The predicted molar refractivity (Wildman–Crippen MR) is 56.0 cm³/mol. The highest BCUT2D eigenvalue weighted by Gasteiger charge is 2.40. The lowest BCUT2D eigenvalue weighted by molar-refractivity contribution is -0.117. The van der Waals surface area contributed by atoms with Crippen LogP contribution in [-0.2, 0) is 11.2 Å². The summed E-state index contributed by atoms with van der Waals surface area (Å²) in [5.41, 5.74) is 1.76. The molecule has 0 radical (unpaired) electrons. The van der Waals surface area contributed by atoms with Crippen molar-refractivity contribution in [2.45, 2.75) is 32.2 Å². The lowest BCUT2D eigenvalue weighted by Gasteiger charge is -2.15. The highest BCUT2D eigenvalue weighted by Crippen LogP contribution is 2.38. The smallest absolute Gasteiger partial charge is 0.233 e. The summed E-state index contributed by atoms with van der Waals surface area (Å²) in [5.74, 6) is 0.868. The van der Waals surface area contributed by atoms with Crippen LogP contribution >= 0.6 is 11.6 Å². The Balaban J connectivity index is 2.14. The van der Waals surface area contributed by atoms with Crippen LogP contribution in [0.1, 0.15) is 24.1 Å². The lowest BCUT2D eigenvalue weighted by Crippen LogP contribution is -2.29. The largest absolute Gasteiger partial charge is 0.293 e. The van der Waals surface area contributed by atoms with E-state index in [4.69, 9.17) is 11.6 Å². The maximum Gasteiger partial charge on any atom is 0.233 e. The average Bonchev–Trinajstić information content (AvgIpc) is 2.91. The van der Waals surface area contributed by atoms with Gasteiger partial charge in [0, 0.05) is 17.3 Å². The van der Waals surface area contributed by atoms with Crippen molar-refractivity contribution in [3.63, 3.8) is 0 Å². The van der Waals surface area contributed by atoms with Gasteiger partial charge in [0.2, 0.25) is 11.2 Å². The van der Waals surface area contributed by atoms with Crippen molar-refractivity contribution in [1.29, 1.82) is 0 Å². The topological polar surface area (TPSA) is 46.1 Å². The van der Waals surface area contributed by atoms with Crippen LogP contribution in [0, 0.1) is 6.92 Å². The molecule has 1 saturated carbocycles. The Morgan fingerprint density at radius 1 is 1.40 bits per heavy atom. The number of aromatic nitrogens is 2. The number of halogens is 1. The highest BCUT2D eigenvalue weighted by molar-refractivity contribution is 6.28. The Morgan fingerprint density at radius 2 is 2.13 bits per heavy atom. The van der Waals surface area contributed by atoms with Crippen LogP contribution in [0.5, 0.6) is 0 Å². The zero-order valence-corrected chi connectivity index (χ0v) is 9.08. The summed E-state index contributed by atoms with van der Waals surface area (Å²) in [6.45, 7) is 1.87. The molecule has 2 heterocycles. The van der Waals surface area contributed by atoms with Crippen molar-refractivity contribution in [2.75, 3.05) is 4.90 Å². The summed E-state index contributed by atoms with van der Waals surface area (Å²) in [6, 6.07) is 0.351. The lowest BCUT2D eigenvalue weighted by atomic mass is 10.2. The van der Waals surface area contributed by atoms with Gasteiger partial charge in [0.25, 0.3) is 0 Å². The number of anilines is 1. The van der Waals surface area contributed by atoms with Gasteiger partial charge in [-0.3, -0.25) is 9.69 Å². The molecule has 1 aromatic heterocycles. The second-order valence-corrected chi connectivity index (χ2v) is 4.39. The fourth-order valence-corrected chi connectivity index (χ4v) is 2.22. The third-order valence-electron chi connectivity index (χ3n) is 2.90. The number of aryl methyl sites for hydroxylation is 1. The molecule has 4 nitrogen and oxygen atoms in total. The van der Waals surface area contributed by atoms with Gasteiger partial charge < -0.3 is 0 Å². The number of rotatable bonds is 1. The molecule has 15 heavy (non-hydrogen) atoms. The molecule has 1 aliphatic carbocycles. The predicted octanol–water partition coefficient (Wildman–Crippen LogP) is 1.49. The average molecular weight is 224 g/mol. The van der Waals surface area contributed by atoms with E-state index in [1.165, 1.54) is 0 Å². The van der Waals surface area contributed by atoms with Crippen LogP contribution in [-0.4, -0.2) is 21.9 Å². The Morgan fingerprint density at radius 3 is 2.80 bits per heavy atom. The van der Waals surface area contributed by atoms with E-state index in [0.717, 1.165) is 29.9 Å². The number of nitrogens with zero attached hydrogens (tertiary/aromatic N) is 3. The van der Waals surface area contributed by atoms with Crippen LogP contribution in [0.2, 0.25) is 5.28 Å². The number of hydrogen-bond donors (Lipinski definition) is 0. The maximum absolute atomic E-state index is 11.8.